The molecule has 0 N–H and O–H groups in total. The molecule has 2 rings (SSSR count). The van der Waals surface area contributed by atoms with Crippen LogP contribution in [0, 0.1) is 11.8 Å². The van der Waals surface area contributed by atoms with Crippen LogP contribution in [-0.4, -0.2) is 13.2 Å². The van der Waals surface area contributed by atoms with Crippen molar-refractivity contribution in [2.75, 3.05) is 13.2 Å². The highest BCUT2D eigenvalue weighted by Crippen LogP contribution is 2.50. The molecule has 0 aromatic rings. The van der Waals surface area contributed by atoms with Crippen molar-refractivity contribution in [2.24, 2.45) is 11.8 Å². The summed E-state index contributed by atoms with van der Waals surface area (Å²) in [5.74, 6) is 2.87. The van der Waals surface area contributed by atoms with Crippen LogP contribution < -0.4 is 0 Å². The normalized spacial score (nSPS) is 21.8. The predicted molar refractivity (Wildman–Crippen MR) is 92.1 cm³/mol. The molecule has 0 radical (unpaired) electrons. The van der Waals surface area contributed by atoms with E-state index < -0.39 is 7.60 Å². The monoisotopic (exact) mass is 328 g/mol. The maximum absolute atomic E-state index is 12.5. The number of hydrogen-bond acceptors (Lipinski definition) is 3. The van der Waals surface area contributed by atoms with E-state index in [-0.39, 0.29) is 0 Å². The molecule has 0 spiro atoms. The first-order valence-corrected chi connectivity index (χ1v) is 10.9. The molecule has 0 aliphatic heterocycles. The third-order valence-electron chi connectivity index (χ3n) is 5.27. The molecular formula is C18H33O3P. The summed E-state index contributed by atoms with van der Waals surface area (Å²) >= 11 is 0. The lowest BCUT2D eigenvalue weighted by atomic mass is 9.87. The summed E-state index contributed by atoms with van der Waals surface area (Å²) in [5.41, 5.74) is 0. The molecule has 0 bridgehead atoms. The van der Waals surface area contributed by atoms with Crippen LogP contribution in [0.3, 0.4) is 0 Å². The fraction of sp³-hybridized carbons (Fsp3) is 0.889. The first-order valence-electron chi connectivity index (χ1n) is 9.24. The Morgan fingerprint density at radius 3 is 1.59 bits per heavy atom. The summed E-state index contributed by atoms with van der Waals surface area (Å²) in [5, 5.41) is 0. The standard InChI is InChI=1S/C18H33O3P/c1-2-22(19,20-15-13-17-9-5-3-6-10-17)21-16-14-18-11-7-4-8-12-18/h2,17-18H,1,3-16H2. The van der Waals surface area contributed by atoms with Crippen molar-refractivity contribution in [1.82, 2.24) is 0 Å². The van der Waals surface area contributed by atoms with Gasteiger partial charge in [0.25, 0.3) is 0 Å². The molecule has 0 amide bonds. The van der Waals surface area contributed by atoms with Gasteiger partial charge >= 0.3 is 7.60 Å². The van der Waals surface area contributed by atoms with Crippen molar-refractivity contribution in [3.8, 4) is 0 Å². The summed E-state index contributed by atoms with van der Waals surface area (Å²) in [6.45, 7) is 4.73. The van der Waals surface area contributed by atoms with Gasteiger partial charge in [-0.3, -0.25) is 4.57 Å². The molecule has 0 atom stereocenters. The molecule has 0 heterocycles. The molecule has 0 aromatic heterocycles. The SMILES string of the molecule is C=CP(=O)(OCCC1CCCCC1)OCCC1CCCCC1. The average molecular weight is 328 g/mol. The Balaban J connectivity index is 1.62. The number of rotatable bonds is 9. The Kier molecular flexibility index (Phi) is 8.21. The van der Waals surface area contributed by atoms with Crippen LogP contribution in [0.4, 0.5) is 0 Å². The van der Waals surface area contributed by atoms with Crippen LogP contribution in [-0.2, 0) is 13.6 Å². The maximum Gasteiger partial charge on any atom is 0.353 e. The van der Waals surface area contributed by atoms with E-state index in [4.69, 9.17) is 9.05 Å². The highest BCUT2D eigenvalue weighted by Gasteiger charge is 2.22. The Hall–Kier alpha value is -0.110. The van der Waals surface area contributed by atoms with Crippen LogP contribution in [0.1, 0.15) is 77.0 Å². The number of hydrogen-bond donors (Lipinski definition) is 0. The maximum atomic E-state index is 12.5. The second-order valence-corrected chi connectivity index (χ2v) is 8.94. The molecule has 2 aliphatic carbocycles. The topological polar surface area (TPSA) is 35.5 Å². The summed E-state index contributed by atoms with van der Waals surface area (Å²) in [4.78, 5) is 0. The van der Waals surface area contributed by atoms with E-state index in [0.717, 1.165) is 24.7 Å². The zero-order valence-electron chi connectivity index (χ0n) is 14.0. The predicted octanol–water partition coefficient (Wildman–Crippen LogP) is 6.30. The van der Waals surface area contributed by atoms with Gasteiger partial charge in [0.15, 0.2) is 0 Å². The van der Waals surface area contributed by atoms with Crippen LogP contribution in [0.25, 0.3) is 0 Å². The first-order chi connectivity index (χ1) is 10.7. The third kappa shape index (κ3) is 6.56. The van der Waals surface area contributed by atoms with Gasteiger partial charge < -0.3 is 9.05 Å². The average Bonchev–Trinajstić information content (AvgIpc) is 2.57. The highest BCUT2D eigenvalue weighted by molar-refractivity contribution is 7.57. The second-order valence-electron chi connectivity index (χ2n) is 6.97. The van der Waals surface area contributed by atoms with Crippen LogP contribution in [0.15, 0.2) is 12.4 Å². The zero-order valence-corrected chi connectivity index (χ0v) is 14.9. The third-order valence-corrected chi connectivity index (χ3v) is 6.80. The lowest BCUT2D eigenvalue weighted by molar-refractivity contribution is 0.178. The van der Waals surface area contributed by atoms with E-state index in [9.17, 15) is 4.57 Å². The van der Waals surface area contributed by atoms with Crippen LogP contribution in [0.5, 0.6) is 0 Å². The van der Waals surface area contributed by atoms with E-state index in [1.807, 2.05) is 0 Å². The minimum absolute atomic E-state index is 0.539. The van der Waals surface area contributed by atoms with Crippen molar-refractivity contribution in [3.05, 3.63) is 12.4 Å². The minimum Gasteiger partial charge on any atom is -0.306 e. The Bertz CT molecular complexity index is 329. The highest BCUT2D eigenvalue weighted by atomic mass is 31.2. The first kappa shape index (κ1) is 18.2. The van der Waals surface area contributed by atoms with Crippen molar-refractivity contribution in [1.29, 1.82) is 0 Å². The van der Waals surface area contributed by atoms with Gasteiger partial charge in [0.05, 0.1) is 13.2 Å². The fourth-order valence-electron chi connectivity index (χ4n) is 3.79. The van der Waals surface area contributed by atoms with Crippen LogP contribution in [0.2, 0.25) is 0 Å². The van der Waals surface area contributed by atoms with Gasteiger partial charge in [0.2, 0.25) is 0 Å². The van der Waals surface area contributed by atoms with E-state index in [2.05, 4.69) is 6.58 Å². The Labute approximate surface area is 136 Å². The summed E-state index contributed by atoms with van der Waals surface area (Å²) in [7, 11) is -3.07. The molecule has 2 fully saturated rings. The lowest BCUT2D eigenvalue weighted by Crippen LogP contribution is -2.10. The van der Waals surface area contributed by atoms with Crippen LogP contribution >= 0.6 is 7.60 Å². The van der Waals surface area contributed by atoms with Gasteiger partial charge in [-0.15, -0.1) is 0 Å². The zero-order chi connectivity index (χ0) is 15.7. The summed E-state index contributed by atoms with van der Waals surface area (Å²) in [6, 6.07) is 0. The quantitative estimate of drug-likeness (QED) is 0.466. The molecule has 0 saturated heterocycles. The summed E-state index contributed by atoms with van der Waals surface area (Å²) < 4.78 is 23.7. The van der Waals surface area contributed by atoms with Gasteiger partial charge in [-0.05, 0) is 24.7 Å². The molecule has 128 valence electrons. The largest absolute Gasteiger partial charge is 0.353 e. The van der Waals surface area contributed by atoms with Crippen molar-refractivity contribution in [2.45, 2.75) is 77.0 Å². The molecule has 2 saturated carbocycles. The van der Waals surface area contributed by atoms with E-state index in [0.29, 0.717) is 13.2 Å². The van der Waals surface area contributed by atoms with E-state index in [1.54, 1.807) is 0 Å². The van der Waals surface area contributed by atoms with E-state index >= 15 is 0 Å². The fourth-order valence-corrected chi connectivity index (χ4v) is 4.79. The van der Waals surface area contributed by atoms with E-state index in [1.165, 1.54) is 70.0 Å². The van der Waals surface area contributed by atoms with Gasteiger partial charge in [-0.2, -0.15) is 0 Å². The lowest BCUT2D eigenvalue weighted by Gasteiger charge is -2.23. The van der Waals surface area contributed by atoms with Gasteiger partial charge in [-0.25, -0.2) is 0 Å². The minimum atomic E-state index is -3.07. The van der Waals surface area contributed by atoms with Gasteiger partial charge in [0.1, 0.15) is 0 Å². The smallest absolute Gasteiger partial charge is 0.306 e. The van der Waals surface area contributed by atoms with Gasteiger partial charge in [-0.1, -0.05) is 70.8 Å². The molecule has 4 heteroatoms. The Morgan fingerprint density at radius 2 is 1.23 bits per heavy atom. The van der Waals surface area contributed by atoms with Crippen molar-refractivity contribution in [3.63, 3.8) is 0 Å². The molecule has 0 aromatic carbocycles. The molecule has 0 unspecified atom stereocenters. The molecule has 3 nitrogen and oxygen atoms in total. The Morgan fingerprint density at radius 1 is 0.818 bits per heavy atom. The van der Waals surface area contributed by atoms with Crippen molar-refractivity contribution >= 4 is 7.60 Å². The molecule has 2 aliphatic rings. The summed E-state index contributed by atoms with van der Waals surface area (Å²) in [6.07, 6.45) is 15.3. The molecular weight excluding hydrogens is 295 g/mol. The van der Waals surface area contributed by atoms with Gasteiger partial charge in [0, 0.05) is 5.82 Å². The van der Waals surface area contributed by atoms with Crippen molar-refractivity contribution < 1.29 is 13.6 Å². The second kappa shape index (κ2) is 9.90. The molecule has 22 heavy (non-hydrogen) atoms.